The lowest BCUT2D eigenvalue weighted by Gasteiger charge is -2.45. The van der Waals surface area contributed by atoms with E-state index in [9.17, 15) is 4.79 Å². The van der Waals surface area contributed by atoms with E-state index >= 15 is 0 Å². The van der Waals surface area contributed by atoms with Crippen LogP contribution >= 0.6 is 12.4 Å². The van der Waals surface area contributed by atoms with Gasteiger partial charge in [0.2, 0.25) is 5.91 Å². The Morgan fingerprint density at radius 1 is 1.00 bits per heavy atom. The molecule has 0 atom stereocenters. The van der Waals surface area contributed by atoms with Crippen molar-refractivity contribution in [2.24, 2.45) is 5.41 Å². The Morgan fingerprint density at radius 2 is 1.69 bits per heavy atom. The number of benzene rings is 1. The Hall–Kier alpha value is -1.06. The molecule has 1 aliphatic carbocycles. The van der Waals surface area contributed by atoms with Gasteiger partial charge in [0.15, 0.2) is 0 Å². The minimum absolute atomic E-state index is 0. The molecule has 4 rings (SSSR count). The zero-order chi connectivity index (χ0) is 17.3. The highest BCUT2D eigenvalue weighted by molar-refractivity contribution is 5.89. The maximum atomic E-state index is 13.7. The van der Waals surface area contributed by atoms with Crippen molar-refractivity contribution in [3.63, 3.8) is 0 Å². The number of amides is 1. The molecule has 1 aromatic rings. The van der Waals surface area contributed by atoms with Gasteiger partial charge < -0.3 is 10.2 Å². The van der Waals surface area contributed by atoms with Crippen LogP contribution in [0.1, 0.15) is 62.5 Å². The van der Waals surface area contributed by atoms with Crippen LogP contribution in [0.4, 0.5) is 0 Å². The fraction of sp³-hybridized carbons (Fsp3) is 0.682. The van der Waals surface area contributed by atoms with E-state index in [1.807, 2.05) is 0 Å². The summed E-state index contributed by atoms with van der Waals surface area (Å²) >= 11 is 0. The molecule has 144 valence electrons. The summed E-state index contributed by atoms with van der Waals surface area (Å²) in [6.07, 6.45) is 9.34. The van der Waals surface area contributed by atoms with E-state index in [1.54, 1.807) is 0 Å². The molecule has 0 unspecified atom stereocenters. The Morgan fingerprint density at radius 3 is 2.31 bits per heavy atom. The summed E-state index contributed by atoms with van der Waals surface area (Å²) in [4.78, 5) is 16.0. The standard InChI is InChI=1S/C22H32N2O.ClH/c1-18-7-3-4-8-19(18)22(9-5-2-6-10-22)20(25)24-15-12-21(13-16-24)11-14-23-17-21;/h3-4,7-8,23H,2,5-6,9-17H2,1H3;1H. The average Bonchev–Trinajstić information content (AvgIpc) is 3.11. The summed E-state index contributed by atoms with van der Waals surface area (Å²) in [6.45, 7) is 6.38. The number of rotatable bonds is 2. The van der Waals surface area contributed by atoms with Gasteiger partial charge in [-0.05, 0) is 62.1 Å². The Bertz CT molecular complexity index is 623. The lowest BCUT2D eigenvalue weighted by atomic mass is 9.66. The van der Waals surface area contributed by atoms with Crippen LogP contribution in [-0.4, -0.2) is 37.0 Å². The van der Waals surface area contributed by atoms with Crippen molar-refractivity contribution in [1.29, 1.82) is 0 Å². The van der Waals surface area contributed by atoms with Crippen LogP contribution in [0, 0.1) is 12.3 Å². The Kier molecular flexibility index (Phi) is 5.98. The molecule has 2 aliphatic heterocycles. The second-order valence-corrected chi connectivity index (χ2v) is 8.68. The smallest absolute Gasteiger partial charge is 0.233 e. The largest absolute Gasteiger partial charge is 0.342 e. The SMILES string of the molecule is Cc1ccccc1C1(C(=O)N2CCC3(CCNC3)CC2)CCCCC1.Cl. The van der Waals surface area contributed by atoms with Crippen LogP contribution in [-0.2, 0) is 10.2 Å². The normalized spacial score (nSPS) is 24.3. The van der Waals surface area contributed by atoms with Crippen molar-refractivity contribution in [2.75, 3.05) is 26.2 Å². The third-order valence-electron chi connectivity index (χ3n) is 7.22. The number of hydrogen-bond donors (Lipinski definition) is 1. The summed E-state index contributed by atoms with van der Waals surface area (Å²) in [6, 6.07) is 8.60. The molecule has 0 aromatic heterocycles. The van der Waals surface area contributed by atoms with Gasteiger partial charge in [-0.15, -0.1) is 12.4 Å². The summed E-state index contributed by atoms with van der Waals surface area (Å²) in [5, 5.41) is 3.53. The van der Waals surface area contributed by atoms with Crippen LogP contribution in [0.5, 0.6) is 0 Å². The van der Waals surface area contributed by atoms with Crippen LogP contribution in [0.3, 0.4) is 0 Å². The quantitative estimate of drug-likeness (QED) is 0.838. The fourth-order valence-corrected chi connectivity index (χ4v) is 5.57. The highest BCUT2D eigenvalue weighted by Crippen LogP contribution is 2.44. The number of aryl methyl sites for hydroxylation is 1. The lowest BCUT2D eigenvalue weighted by molar-refractivity contribution is -0.141. The molecular weight excluding hydrogens is 344 g/mol. The number of nitrogens with one attached hydrogen (secondary N) is 1. The van der Waals surface area contributed by atoms with E-state index in [-0.39, 0.29) is 17.8 Å². The maximum Gasteiger partial charge on any atom is 0.233 e. The zero-order valence-electron chi connectivity index (χ0n) is 16.1. The van der Waals surface area contributed by atoms with E-state index in [0.717, 1.165) is 39.0 Å². The highest BCUT2D eigenvalue weighted by Gasteiger charge is 2.46. The van der Waals surface area contributed by atoms with E-state index in [2.05, 4.69) is 41.4 Å². The van der Waals surface area contributed by atoms with Gasteiger partial charge in [0.25, 0.3) is 0 Å². The second-order valence-electron chi connectivity index (χ2n) is 8.68. The molecule has 3 fully saturated rings. The van der Waals surface area contributed by atoms with Crippen molar-refractivity contribution >= 4 is 18.3 Å². The molecule has 2 heterocycles. The van der Waals surface area contributed by atoms with Crippen molar-refractivity contribution < 1.29 is 4.79 Å². The van der Waals surface area contributed by atoms with E-state index in [1.165, 1.54) is 49.7 Å². The number of nitrogens with zero attached hydrogens (tertiary/aromatic N) is 1. The molecule has 3 aliphatic rings. The molecule has 1 amide bonds. The first-order chi connectivity index (χ1) is 12.2. The van der Waals surface area contributed by atoms with Gasteiger partial charge in [0, 0.05) is 19.6 Å². The third-order valence-corrected chi connectivity index (χ3v) is 7.22. The summed E-state index contributed by atoms with van der Waals surface area (Å²) < 4.78 is 0. The first kappa shape index (κ1) is 19.7. The first-order valence-electron chi connectivity index (χ1n) is 10.2. The van der Waals surface area contributed by atoms with E-state index in [0.29, 0.717) is 11.3 Å². The molecule has 4 heteroatoms. The molecule has 1 N–H and O–H groups in total. The molecule has 3 nitrogen and oxygen atoms in total. The van der Waals surface area contributed by atoms with Crippen LogP contribution in [0.2, 0.25) is 0 Å². The number of piperidine rings is 1. The Balaban J connectivity index is 0.00000196. The van der Waals surface area contributed by atoms with E-state index in [4.69, 9.17) is 0 Å². The van der Waals surface area contributed by atoms with E-state index < -0.39 is 0 Å². The zero-order valence-corrected chi connectivity index (χ0v) is 16.9. The summed E-state index contributed by atoms with van der Waals surface area (Å²) in [5.74, 6) is 0.419. The van der Waals surface area contributed by atoms with Gasteiger partial charge in [-0.1, -0.05) is 43.5 Å². The average molecular weight is 377 g/mol. The van der Waals surface area contributed by atoms with Gasteiger partial charge >= 0.3 is 0 Å². The second kappa shape index (κ2) is 7.90. The van der Waals surface area contributed by atoms with Crippen molar-refractivity contribution in [2.45, 2.75) is 63.7 Å². The van der Waals surface area contributed by atoms with Crippen molar-refractivity contribution in [3.8, 4) is 0 Å². The predicted molar refractivity (Wildman–Crippen MR) is 109 cm³/mol. The topological polar surface area (TPSA) is 32.3 Å². The number of hydrogen-bond acceptors (Lipinski definition) is 2. The number of halogens is 1. The van der Waals surface area contributed by atoms with Gasteiger partial charge in [0.05, 0.1) is 5.41 Å². The molecule has 1 aromatic carbocycles. The molecule has 2 saturated heterocycles. The van der Waals surface area contributed by atoms with Crippen LogP contribution in [0.25, 0.3) is 0 Å². The molecule has 0 radical (unpaired) electrons. The molecule has 1 saturated carbocycles. The number of carbonyl (C=O) groups is 1. The molecular formula is C22H33ClN2O. The summed E-state index contributed by atoms with van der Waals surface area (Å²) in [7, 11) is 0. The van der Waals surface area contributed by atoms with Gasteiger partial charge in [-0.2, -0.15) is 0 Å². The minimum Gasteiger partial charge on any atom is -0.342 e. The van der Waals surface area contributed by atoms with Gasteiger partial charge in [0.1, 0.15) is 0 Å². The van der Waals surface area contributed by atoms with Crippen LogP contribution < -0.4 is 5.32 Å². The fourth-order valence-electron chi connectivity index (χ4n) is 5.57. The Labute approximate surface area is 164 Å². The maximum absolute atomic E-state index is 13.7. The van der Waals surface area contributed by atoms with Crippen molar-refractivity contribution in [1.82, 2.24) is 10.2 Å². The molecule has 1 spiro atoms. The van der Waals surface area contributed by atoms with Gasteiger partial charge in [-0.3, -0.25) is 4.79 Å². The van der Waals surface area contributed by atoms with Crippen molar-refractivity contribution in [3.05, 3.63) is 35.4 Å². The molecule has 0 bridgehead atoms. The van der Waals surface area contributed by atoms with Gasteiger partial charge in [-0.25, -0.2) is 0 Å². The monoisotopic (exact) mass is 376 g/mol. The number of likely N-dealkylation sites (tertiary alicyclic amines) is 1. The third kappa shape index (κ3) is 3.41. The predicted octanol–water partition coefficient (Wildman–Crippen LogP) is 4.22. The minimum atomic E-state index is -0.262. The number of carbonyl (C=O) groups excluding carboxylic acids is 1. The lowest BCUT2D eigenvalue weighted by Crippen LogP contribution is -2.52. The summed E-state index contributed by atoms with van der Waals surface area (Å²) in [5.41, 5.74) is 2.79. The highest BCUT2D eigenvalue weighted by atomic mass is 35.5. The molecule has 26 heavy (non-hydrogen) atoms. The first-order valence-corrected chi connectivity index (χ1v) is 10.2. The van der Waals surface area contributed by atoms with Crippen LogP contribution in [0.15, 0.2) is 24.3 Å².